The first-order chi connectivity index (χ1) is 8.33. The van der Waals surface area contributed by atoms with E-state index in [9.17, 15) is 9.59 Å². The normalized spacial score (nSPS) is 9.78. The van der Waals surface area contributed by atoms with Gasteiger partial charge in [-0.05, 0) is 13.8 Å². The standard InChI is InChI=1S/C7H12O4.C6H15N/c1-3-10-6(8)5-7(9)11-4-2;1-5(2)7-6(3)4/h3-5H2,1-2H3;5-7H,1-4H3. The number of esters is 2. The van der Waals surface area contributed by atoms with Crippen molar-refractivity contribution in [2.75, 3.05) is 13.2 Å². The van der Waals surface area contributed by atoms with Crippen LogP contribution >= 0.6 is 0 Å². The predicted octanol–water partition coefficient (Wildman–Crippen LogP) is 1.90. The van der Waals surface area contributed by atoms with Crippen molar-refractivity contribution in [1.82, 2.24) is 5.32 Å². The quantitative estimate of drug-likeness (QED) is 0.584. The van der Waals surface area contributed by atoms with Crippen LogP contribution in [0.5, 0.6) is 0 Å². The highest BCUT2D eigenvalue weighted by atomic mass is 16.5. The fraction of sp³-hybridized carbons (Fsp3) is 0.846. The highest BCUT2D eigenvalue weighted by Gasteiger charge is 2.09. The summed E-state index contributed by atoms with van der Waals surface area (Å²) >= 11 is 0. The van der Waals surface area contributed by atoms with Gasteiger partial charge in [-0.2, -0.15) is 0 Å². The van der Waals surface area contributed by atoms with Crippen molar-refractivity contribution in [3.63, 3.8) is 0 Å². The summed E-state index contributed by atoms with van der Waals surface area (Å²) in [4.78, 5) is 21.2. The third-order valence-corrected chi connectivity index (χ3v) is 1.57. The monoisotopic (exact) mass is 261 g/mol. The molecule has 0 rings (SSSR count). The van der Waals surface area contributed by atoms with Gasteiger partial charge in [0, 0.05) is 12.1 Å². The van der Waals surface area contributed by atoms with E-state index in [1.54, 1.807) is 13.8 Å². The molecule has 0 aliphatic rings. The molecule has 0 bridgehead atoms. The molecule has 5 heteroatoms. The zero-order chi connectivity index (χ0) is 14.6. The van der Waals surface area contributed by atoms with Gasteiger partial charge in [-0.1, -0.05) is 27.7 Å². The first-order valence-corrected chi connectivity index (χ1v) is 6.40. The van der Waals surface area contributed by atoms with E-state index < -0.39 is 11.9 Å². The summed E-state index contributed by atoms with van der Waals surface area (Å²) in [7, 11) is 0. The van der Waals surface area contributed by atoms with Crippen molar-refractivity contribution in [2.45, 2.75) is 60.0 Å². The molecule has 5 nitrogen and oxygen atoms in total. The Labute approximate surface area is 110 Å². The molecule has 108 valence electrons. The molecule has 0 heterocycles. The summed E-state index contributed by atoms with van der Waals surface area (Å²) in [6, 6.07) is 1.25. The molecule has 0 aromatic rings. The van der Waals surface area contributed by atoms with E-state index in [0.717, 1.165) is 0 Å². The third kappa shape index (κ3) is 17.3. The van der Waals surface area contributed by atoms with Crippen LogP contribution in [-0.4, -0.2) is 37.2 Å². The maximum absolute atomic E-state index is 10.6. The average molecular weight is 261 g/mol. The summed E-state index contributed by atoms with van der Waals surface area (Å²) in [5, 5.41) is 3.31. The zero-order valence-electron chi connectivity index (χ0n) is 12.4. The van der Waals surface area contributed by atoms with Gasteiger partial charge < -0.3 is 14.8 Å². The van der Waals surface area contributed by atoms with E-state index in [2.05, 4.69) is 42.5 Å². The fourth-order valence-electron chi connectivity index (χ4n) is 1.21. The Kier molecular flexibility index (Phi) is 13.2. The van der Waals surface area contributed by atoms with Gasteiger partial charge in [-0.3, -0.25) is 9.59 Å². The van der Waals surface area contributed by atoms with Gasteiger partial charge in [0.05, 0.1) is 13.2 Å². The van der Waals surface area contributed by atoms with Crippen molar-refractivity contribution < 1.29 is 19.1 Å². The molecule has 0 aliphatic carbocycles. The van der Waals surface area contributed by atoms with Crippen LogP contribution in [0, 0.1) is 0 Å². The predicted molar refractivity (Wildman–Crippen MR) is 71.3 cm³/mol. The summed E-state index contributed by atoms with van der Waals surface area (Å²) < 4.78 is 9.04. The van der Waals surface area contributed by atoms with Gasteiger partial charge in [-0.15, -0.1) is 0 Å². The summed E-state index contributed by atoms with van der Waals surface area (Å²) in [5.74, 6) is -1.07. The molecule has 0 aliphatic heterocycles. The van der Waals surface area contributed by atoms with Crippen molar-refractivity contribution in [3.05, 3.63) is 0 Å². The Morgan fingerprint density at radius 3 is 1.39 bits per heavy atom. The smallest absolute Gasteiger partial charge is 0.317 e. The zero-order valence-corrected chi connectivity index (χ0v) is 12.4. The van der Waals surface area contributed by atoms with Crippen molar-refractivity contribution in [1.29, 1.82) is 0 Å². The number of rotatable bonds is 6. The molecule has 0 amide bonds. The molecule has 18 heavy (non-hydrogen) atoms. The lowest BCUT2D eigenvalue weighted by atomic mass is 10.3. The third-order valence-electron chi connectivity index (χ3n) is 1.57. The Hall–Kier alpha value is -1.10. The Morgan fingerprint density at radius 1 is 0.889 bits per heavy atom. The van der Waals surface area contributed by atoms with Crippen molar-refractivity contribution in [3.8, 4) is 0 Å². The second-order valence-corrected chi connectivity index (χ2v) is 4.26. The van der Waals surface area contributed by atoms with E-state index in [0.29, 0.717) is 12.1 Å². The van der Waals surface area contributed by atoms with Gasteiger partial charge in [0.25, 0.3) is 0 Å². The minimum Gasteiger partial charge on any atom is -0.466 e. The lowest BCUT2D eigenvalue weighted by Crippen LogP contribution is -2.29. The number of hydrogen-bond donors (Lipinski definition) is 1. The maximum Gasteiger partial charge on any atom is 0.317 e. The number of carbonyl (C=O) groups is 2. The number of nitrogens with one attached hydrogen (secondary N) is 1. The molecule has 0 spiro atoms. The molecule has 0 saturated heterocycles. The van der Waals surface area contributed by atoms with Gasteiger partial charge >= 0.3 is 11.9 Å². The highest BCUT2D eigenvalue weighted by Crippen LogP contribution is 1.89. The first kappa shape index (κ1) is 19.2. The second kappa shape index (κ2) is 12.4. The van der Waals surface area contributed by atoms with Gasteiger partial charge in [0.15, 0.2) is 0 Å². The SMILES string of the molecule is CC(C)NC(C)C.CCOC(=O)CC(=O)OCC. The van der Waals surface area contributed by atoms with E-state index in [1.165, 1.54) is 0 Å². The van der Waals surface area contributed by atoms with E-state index in [-0.39, 0.29) is 19.6 Å². The van der Waals surface area contributed by atoms with E-state index in [1.807, 2.05) is 0 Å². The van der Waals surface area contributed by atoms with Crippen LogP contribution in [0.2, 0.25) is 0 Å². The van der Waals surface area contributed by atoms with Crippen LogP contribution in [0.15, 0.2) is 0 Å². The molecule has 0 unspecified atom stereocenters. The molecule has 0 aromatic carbocycles. The van der Waals surface area contributed by atoms with Crippen LogP contribution in [0.25, 0.3) is 0 Å². The molecular formula is C13H27NO4. The number of carbonyl (C=O) groups excluding carboxylic acids is 2. The van der Waals surface area contributed by atoms with E-state index >= 15 is 0 Å². The average Bonchev–Trinajstić information content (AvgIpc) is 2.16. The fourth-order valence-corrected chi connectivity index (χ4v) is 1.21. The van der Waals surface area contributed by atoms with Gasteiger partial charge in [-0.25, -0.2) is 0 Å². The molecule has 0 atom stereocenters. The van der Waals surface area contributed by atoms with Crippen LogP contribution in [0.3, 0.4) is 0 Å². The van der Waals surface area contributed by atoms with Crippen molar-refractivity contribution >= 4 is 11.9 Å². The summed E-state index contributed by atoms with van der Waals surface area (Å²) in [6.45, 7) is 12.6. The molecule has 0 radical (unpaired) electrons. The largest absolute Gasteiger partial charge is 0.466 e. The molecule has 0 saturated carbocycles. The lowest BCUT2D eigenvalue weighted by molar-refractivity contribution is -0.153. The van der Waals surface area contributed by atoms with Crippen LogP contribution in [0.1, 0.15) is 48.0 Å². The van der Waals surface area contributed by atoms with Gasteiger partial charge in [0.2, 0.25) is 0 Å². The lowest BCUT2D eigenvalue weighted by Gasteiger charge is -2.10. The number of ether oxygens (including phenoxy) is 2. The topological polar surface area (TPSA) is 64.6 Å². The molecular weight excluding hydrogens is 234 g/mol. The molecule has 0 aromatic heterocycles. The molecule has 0 fully saturated rings. The molecule has 1 N–H and O–H groups in total. The Balaban J connectivity index is 0. The minimum atomic E-state index is -0.536. The second-order valence-electron chi connectivity index (χ2n) is 4.26. The van der Waals surface area contributed by atoms with Crippen LogP contribution in [-0.2, 0) is 19.1 Å². The van der Waals surface area contributed by atoms with E-state index in [4.69, 9.17) is 0 Å². The van der Waals surface area contributed by atoms with Crippen molar-refractivity contribution in [2.24, 2.45) is 0 Å². The Morgan fingerprint density at radius 2 is 1.22 bits per heavy atom. The van der Waals surface area contributed by atoms with Crippen LogP contribution < -0.4 is 5.32 Å². The first-order valence-electron chi connectivity index (χ1n) is 6.40. The van der Waals surface area contributed by atoms with Crippen LogP contribution in [0.4, 0.5) is 0 Å². The minimum absolute atomic E-state index is 0.290. The van der Waals surface area contributed by atoms with Gasteiger partial charge in [0.1, 0.15) is 6.42 Å². The maximum atomic E-state index is 10.6. The number of hydrogen-bond acceptors (Lipinski definition) is 5. The summed E-state index contributed by atoms with van der Waals surface area (Å²) in [6.07, 6.45) is -0.290. The Bertz CT molecular complexity index is 205. The summed E-state index contributed by atoms with van der Waals surface area (Å²) in [5.41, 5.74) is 0. The highest BCUT2D eigenvalue weighted by molar-refractivity contribution is 5.91.